The lowest BCUT2D eigenvalue weighted by molar-refractivity contribution is 0.00929. The molecule has 1 saturated carbocycles. The van der Waals surface area contributed by atoms with Gasteiger partial charge in [-0.1, -0.05) is 0 Å². The van der Waals surface area contributed by atoms with Crippen LogP contribution in [-0.2, 0) is 4.74 Å². The molecule has 0 atom stereocenters. The standard InChI is InChI=1S/C18H34N4O2/c1-6-20-16(19-5)21-11-9-15(10-12-21)22(13-14-7-8-14)17(23)24-18(2,3)4/h14-15H,6-13H2,1-5H3,(H,19,20). The molecular weight excluding hydrogens is 304 g/mol. The van der Waals surface area contributed by atoms with Crippen molar-refractivity contribution in [2.45, 2.75) is 65.0 Å². The molecule has 138 valence electrons. The third-order valence-corrected chi connectivity index (χ3v) is 4.53. The highest BCUT2D eigenvalue weighted by atomic mass is 16.6. The molecule has 2 rings (SSSR count). The Morgan fingerprint density at radius 3 is 2.33 bits per heavy atom. The van der Waals surface area contributed by atoms with E-state index in [1.807, 2.05) is 32.7 Å². The second-order valence-electron chi connectivity index (χ2n) is 7.87. The number of amides is 1. The van der Waals surface area contributed by atoms with E-state index in [1.54, 1.807) is 0 Å². The summed E-state index contributed by atoms with van der Waals surface area (Å²) in [5.74, 6) is 1.63. The zero-order valence-electron chi connectivity index (χ0n) is 16.0. The van der Waals surface area contributed by atoms with E-state index in [2.05, 4.69) is 22.1 Å². The minimum Gasteiger partial charge on any atom is -0.444 e. The highest BCUT2D eigenvalue weighted by molar-refractivity contribution is 5.80. The van der Waals surface area contributed by atoms with Crippen LogP contribution in [0.25, 0.3) is 0 Å². The number of piperidine rings is 1. The fraction of sp³-hybridized carbons (Fsp3) is 0.889. The molecule has 1 heterocycles. The summed E-state index contributed by atoms with van der Waals surface area (Å²) in [4.78, 5) is 21.3. The van der Waals surface area contributed by atoms with E-state index in [1.165, 1.54) is 12.8 Å². The Morgan fingerprint density at radius 2 is 1.88 bits per heavy atom. The molecule has 0 aromatic heterocycles. The van der Waals surface area contributed by atoms with Gasteiger partial charge in [0.2, 0.25) is 0 Å². The van der Waals surface area contributed by atoms with E-state index >= 15 is 0 Å². The minimum absolute atomic E-state index is 0.149. The predicted molar refractivity (Wildman–Crippen MR) is 97.3 cm³/mol. The lowest BCUT2D eigenvalue weighted by Crippen LogP contribution is -2.52. The number of hydrogen-bond acceptors (Lipinski definition) is 3. The molecule has 1 saturated heterocycles. The topological polar surface area (TPSA) is 57.2 Å². The van der Waals surface area contributed by atoms with E-state index in [4.69, 9.17) is 4.74 Å². The fourth-order valence-electron chi connectivity index (χ4n) is 3.15. The zero-order valence-corrected chi connectivity index (χ0v) is 16.0. The molecule has 2 fully saturated rings. The molecule has 1 aliphatic carbocycles. The summed E-state index contributed by atoms with van der Waals surface area (Å²) in [6.07, 6.45) is 4.27. The minimum atomic E-state index is -0.438. The Bertz CT molecular complexity index is 446. The van der Waals surface area contributed by atoms with Gasteiger partial charge >= 0.3 is 6.09 Å². The van der Waals surface area contributed by atoms with Crippen molar-refractivity contribution in [1.82, 2.24) is 15.1 Å². The Hall–Kier alpha value is -1.46. The van der Waals surface area contributed by atoms with E-state index in [9.17, 15) is 4.79 Å². The van der Waals surface area contributed by atoms with Gasteiger partial charge in [0.25, 0.3) is 0 Å². The number of likely N-dealkylation sites (tertiary alicyclic amines) is 1. The van der Waals surface area contributed by atoms with Crippen LogP contribution in [0.2, 0.25) is 0 Å². The summed E-state index contributed by atoms with van der Waals surface area (Å²) in [5, 5.41) is 3.31. The summed E-state index contributed by atoms with van der Waals surface area (Å²) in [5.41, 5.74) is -0.438. The molecule has 6 nitrogen and oxygen atoms in total. The number of carbonyl (C=O) groups excluding carboxylic acids is 1. The average Bonchev–Trinajstić information content (AvgIpc) is 3.33. The van der Waals surface area contributed by atoms with Crippen molar-refractivity contribution in [2.75, 3.05) is 33.2 Å². The molecule has 0 spiro atoms. The second-order valence-corrected chi connectivity index (χ2v) is 7.87. The van der Waals surface area contributed by atoms with Crippen molar-refractivity contribution >= 4 is 12.1 Å². The van der Waals surface area contributed by atoms with E-state index in [0.29, 0.717) is 5.92 Å². The van der Waals surface area contributed by atoms with Gasteiger partial charge in [0, 0.05) is 39.3 Å². The smallest absolute Gasteiger partial charge is 0.410 e. The SMILES string of the molecule is CCNC(=NC)N1CCC(N(CC2CC2)C(=O)OC(C)(C)C)CC1. The third kappa shape index (κ3) is 5.56. The second kappa shape index (κ2) is 8.08. The quantitative estimate of drug-likeness (QED) is 0.632. The van der Waals surface area contributed by atoms with Gasteiger partial charge < -0.3 is 19.9 Å². The molecule has 24 heavy (non-hydrogen) atoms. The van der Waals surface area contributed by atoms with E-state index in [0.717, 1.165) is 45.0 Å². The van der Waals surface area contributed by atoms with Crippen LogP contribution in [0.3, 0.4) is 0 Å². The van der Waals surface area contributed by atoms with Gasteiger partial charge in [-0.2, -0.15) is 0 Å². The maximum atomic E-state index is 12.6. The number of nitrogens with zero attached hydrogens (tertiary/aromatic N) is 3. The van der Waals surface area contributed by atoms with Crippen LogP contribution in [-0.4, -0.2) is 66.7 Å². The Morgan fingerprint density at radius 1 is 1.25 bits per heavy atom. The summed E-state index contributed by atoms with van der Waals surface area (Å²) >= 11 is 0. The lowest BCUT2D eigenvalue weighted by atomic mass is 10.0. The number of rotatable bonds is 4. The molecule has 1 amide bonds. The molecule has 0 aromatic rings. The van der Waals surface area contributed by atoms with Crippen molar-refractivity contribution in [3.05, 3.63) is 0 Å². The summed E-state index contributed by atoms with van der Waals surface area (Å²) in [7, 11) is 1.82. The van der Waals surface area contributed by atoms with Crippen LogP contribution >= 0.6 is 0 Å². The maximum absolute atomic E-state index is 12.6. The van der Waals surface area contributed by atoms with Crippen LogP contribution in [0.1, 0.15) is 53.4 Å². The van der Waals surface area contributed by atoms with Gasteiger partial charge in [0.15, 0.2) is 5.96 Å². The molecular formula is C18H34N4O2. The molecule has 0 bridgehead atoms. The van der Waals surface area contributed by atoms with Crippen LogP contribution in [0.5, 0.6) is 0 Å². The highest BCUT2D eigenvalue weighted by Gasteiger charge is 2.35. The van der Waals surface area contributed by atoms with Crippen LogP contribution < -0.4 is 5.32 Å². The molecule has 1 aliphatic heterocycles. The largest absolute Gasteiger partial charge is 0.444 e. The first kappa shape index (κ1) is 18.9. The number of hydrogen-bond donors (Lipinski definition) is 1. The van der Waals surface area contributed by atoms with Crippen molar-refractivity contribution in [2.24, 2.45) is 10.9 Å². The first-order valence-corrected chi connectivity index (χ1v) is 9.29. The Kier molecular flexibility index (Phi) is 6.35. The highest BCUT2D eigenvalue weighted by Crippen LogP contribution is 2.32. The molecule has 6 heteroatoms. The first-order chi connectivity index (χ1) is 11.3. The molecule has 0 radical (unpaired) electrons. The lowest BCUT2D eigenvalue weighted by Gasteiger charge is -2.40. The molecule has 2 aliphatic rings. The van der Waals surface area contributed by atoms with Gasteiger partial charge in [-0.15, -0.1) is 0 Å². The number of ether oxygens (including phenoxy) is 1. The molecule has 0 aromatic carbocycles. The zero-order chi connectivity index (χ0) is 17.7. The van der Waals surface area contributed by atoms with Gasteiger partial charge in [-0.05, 0) is 59.3 Å². The van der Waals surface area contributed by atoms with Crippen molar-refractivity contribution in [3.63, 3.8) is 0 Å². The summed E-state index contributed by atoms with van der Waals surface area (Å²) in [6.45, 7) is 11.5. The number of aliphatic imine (C=N–C) groups is 1. The molecule has 0 unspecified atom stereocenters. The normalized spacial score (nSPS) is 20.0. The van der Waals surface area contributed by atoms with Crippen LogP contribution in [0, 0.1) is 5.92 Å². The van der Waals surface area contributed by atoms with Crippen molar-refractivity contribution < 1.29 is 9.53 Å². The predicted octanol–water partition coefficient (Wildman–Crippen LogP) is 2.69. The van der Waals surface area contributed by atoms with Crippen molar-refractivity contribution in [3.8, 4) is 0 Å². The average molecular weight is 338 g/mol. The number of carbonyl (C=O) groups is 1. The summed E-state index contributed by atoms with van der Waals surface area (Å²) < 4.78 is 5.65. The fourth-order valence-corrected chi connectivity index (χ4v) is 3.15. The van der Waals surface area contributed by atoms with Gasteiger partial charge in [-0.3, -0.25) is 4.99 Å². The first-order valence-electron chi connectivity index (χ1n) is 9.29. The monoisotopic (exact) mass is 338 g/mol. The molecule has 1 N–H and O–H groups in total. The van der Waals surface area contributed by atoms with Gasteiger partial charge in [0.05, 0.1) is 0 Å². The maximum Gasteiger partial charge on any atom is 0.410 e. The van der Waals surface area contributed by atoms with E-state index in [-0.39, 0.29) is 12.1 Å². The van der Waals surface area contributed by atoms with E-state index < -0.39 is 5.60 Å². The van der Waals surface area contributed by atoms with Crippen LogP contribution in [0.15, 0.2) is 4.99 Å². The summed E-state index contributed by atoms with van der Waals surface area (Å²) in [6, 6.07) is 0.274. The van der Waals surface area contributed by atoms with Gasteiger partial charge in [-0.25, -0.2) is 4.79 Å². The Labute approximate surface area is 146 Å². The van der Waals surface area contributed by atoms with Crippen molar-refractivity contribution in [1.29, 1.82) is 0 Å². The third-order valence-electron chi connectivity index (χ3n) is 4.53. The van der Waals surface area contributed by atoms with Gasteiger partial charge in [0.1, 0.15) is 5.60 Å². The number of nitrogens with one attached hydrogen (secondary N) is 1. The van der Waals surface area contributed by atoms with Crippen LogP contribution in [0.4, 0.5) is 4.79 Å². The number of guanidine groups is 1. The Balaban J connectivity index is 1.95.